The Balaban J connectivity index is 1.64. The highest BCUT2D eigenvalue weighted by Gasteiger charge is 2.37. The monoisotopic (exact) mass is 375 g/mol. The Morgan fingerprint density at radius 2 is 2.35 bits per heavy atom. The smallest absolute Gasteiger partial charge is 0.268 e. The quantitative estimate of drug-likeness (QED) is 0.833. The molecule has 0 saturated carbocycles. The van der Waals surface area contributed by atoms with Crippen LogP contribution < -0.4 is 11.0 Å². The van der Waals surface area contributed by atoms with Gasteiger partial charge in [-0.15, -0.1) is 11.3 Å². The molecule has 3 atom stereocenters. The van der Waals surface area contributed by atoms with Crippen LogP contribution in [0.3, 0.4) is 0 Å². The zero-order valence-corrected chi connectivity index (χ0v) is 16.2. The van der Waals surface area contributed by atoms with Crippen molar-refractivity contribution in [3.8, 4) is 0 Å². The maximum Gasteiger partial charge on any atom is 0.268 e. The summed E-state index contributed by atoms with van der Waals surface area (Å²) in [6.45, 7) is 6.63. The molecule has 0 radical (unpaired) electrons. The maximum atomic E-state index is 12.6. The minimum absolute atomic E-state index is 0.0529. The second kappa shape index (κ2) is 6.75. The molecule has 2 aliphatic heterocycles. The molecule has 140 valence electrons. The van der Waals surface area contributed by atoms with Crippen molar-refractivity contribution in [3.63, 3.8) is 0 Å². The van der Waals surface area contributed by atoms with Crippen LogP contribution in [0.5, 0.6) is 0 Å². The van der Waals surface area contributed by atoms with E-state index in [1.165, 1.54) is 11.3 Å². The van der Waals surface area contributed by atoms with E-state index in [0.717, 1.165) is 42.2 Å². The van der Waals surface area contributed by atoms with Gasteiger partial charge in [-0.25, -0.2) is 4.98 Å². The van der Waals surface area contributed by atoms with Crippen molar-refractivity contribution in [3.05, 3.63) is 27.1 Å². The lowest BCUT2D eigenvalue weighted by molar-refractivity contribution is 0.110. The number of rotatable bonds is 5. The lowest BCUT2D eigenvalue weighted by atomic mass is 9.84. The van der Waals surface area contributed by atoms with Crippen molar-refractivity contribution < 1.29 is 4.74 Å². The van der Waals surface area contributed by atoms with Crippen LogP contribution in [-0.2, 0) is 16.7 Å². The van der Waals surface area contributed by atoms with Crippen LogP contribution in [0.25, 0.3) is 10.2 Å². The predicted molar refractivity (Wildman–Crippen MR) is 104 cm³/mol. The summed E-state index contributed by atoms with van der Waals surface area (Å²) in [4.78, 5) is 23.8. The van der Waals surface area contributed by atoms with E-state index in [9.17, 15) is 4.79 Å². The number of fused-ring (bicyclic) bond motifs is 1. The van der Waals surface area contributed by atoms with Crippen LogP contribution >= 0.6 is 11.3 Å². The first kappa shape index (κ1) is 17.6. The van der Waals surface area contributed by atoms with E-state index in [1.54, 1.807) is 7.11 Å². The number of hydrazone groups is 1. The number of ether oxygens (including phenoxy) is 1. The summed E-state index contributed by atoms with van der Waals surface area (Å²) < 4.78 is 6.01. The lowest BCUT2D eigenvalue weighted by Gasteiger charge is -2.24. The molecule has 1 fully saturated rings. The average Bonchev–Trinajstić information content (AvgIpc) is 3.30. The van der Waals surface area contributed by atoms with Gasteiger partial charge >= 0.3 is 0 Å². The second-order valence-corrected chi connectivity index (χ2v) is 8.50. The number of aromatic nitrogens is 2. The largest absolute Gasteiger partial charge is 0.383 e. The molecule has 4 rings (SSSR count). The number of methoxy groups -OCH3 is 1. The van der Waals surface area contributed by atoms with Gasteiger partial charge < -0.3 is 15.1 Å². The normalized spacial score (nSPS) is 28.9. The molecule has 0 bridgehead atoms. The van der Waals surface area contributed by atoms with E-state index in [2.05, 4.69) is 34.3 Å². The highest BCUT2D eigenvalue weighted by molar-refractivity contribution is 7.19. The molecule has 2 aromatic heterocycles. The van der Waals surface area contributed by atoms with E-state index in [1.807, 2.05) is 12.3 Å². The summed E-state index contributed by atoms with van der Waals surface area (Å²) >= 11 is 1.51. The topological polar surface area (TPSA) is 82.6 Å². The van der Waals surface area contributed by atoms with Gasteiger partial charge in [0, 0.05) is 24.2 Å². The molecule has 0 aromatic carbocycles. The van der Waals surface area contributed by atoms with Gasteiger partial charge in [0.25, 0.3) is 5.56 Å². The Hall–Kier alpha value is -1.77. The van der Waals surface area contributed by atoms with Crippen molar-refractivity contribution in [2.75, 3.05) is 20.3 Å². The third kappa shape index (κ3) is 2.95. The molecule has 26 heavy (non-hydrogen) atoms. The molecule has 2 aromatic rings. The van der Waals surface area contributed by atoms with Crippen molar-refractivity contribution in [1.29, 1.82) is 0 Å². The van der Waals surface area contributed by atoms with Gasteiger partial charge in [-0.3, -0.25) is 9.69 Å². The number of H-pyrrole nitrogens is 1. The molecule has 8 heteroatoms. The van der Waals surface area contributed by atoms with Gasteiger partial charge in [0.15, 0.2) is 0 Å². The predicted octanol–water partition coefficient (Wildman–Crippen LogP) is 1.83. The van der Waals surface area contributed by atoms with Crippen molar-refractivity contribution >= 4 is 27.8 Å². The van der Waals surface area contributed by atoms with E-state index in [0.29, 0.717) is 17.3 Å². The summed E-state index contributed by atoms with van der Waals surface area (Å²) in [5.41, 5.74) is 3.61. The number of hydrogen-bond donors (Lipinski definition) is 2. The number of nitrogens with one attached hydrogen (secondary N) is 2. The van der Waals surface area contributed by atoms with Gasteiger partial charge in [-0.2, -0.15) is 5.10 Å². The Bertz CT molecular complexity index is 891. The summed E-state index contributed by atoms with van der Waals surface area (Å²) in [5, 5.41) is 4.21. The van der Waals surface area contributed by atoms with Crippen LogP contribution in [0.2, 0.25) is 0 Å². The summed E-state index contributed by atoms with van der Waals surface area (Å²) in [5.74, 6) is 0.728. The van der Waals surface area contributed by atoms with Gasteiger partial charge in [-0.05, 0) is 39.3 Å². The van der Waals surface area contributed by atoms with Gasteiger partial charge in [0.1, 0.15) is 10.5 Å². The zero-order valence-electron chi connectivity index (χ0n) is 15.4. The van der Waals surface area contributed by atoms with Crippen molar-refractivity contribution in [1.82, 2.24) is 20.3 Å². The first-order chi connectivity index (χ1) is 12.5. The molecular formula is C18H25N5O2S. The van der Waals surface area contributed by atoms with Gasteiger partial charge in [-0.1, -0.05) is 0 Å². The number of aromatic amines is 1. The summed E-state index contributed by atoms with van der Waals surface area (Å²) in [6.07, 6.45) is 4.22. The third-order valence-electron chi connectivity index (χ3n) is 5.67. The van der Waals surface area contributed by atoms with Crippen molar-refractivity contribution in [2.45, 2.75) is 50.7 Å². The summed E-state index contributed by atoms with van der Waals surface area (Å²) in [7, 11) is 1.73. The highest BCUT2D eigenvalue weighted by Crippen LogP contribution is 2.35. The van der Waals surface area contributed by atoms with Crippen LogP contribution in [0.1, 0.15) is 37.4 Å². The van der Waals surface area contributed by atoms with Crippen LogP contribution in [0.4, 0.5) is 0 Å². The van der Waals surface area contributed by atoms with Crippen molar-refractivity contribution in [2.24, 2.45) is 5.10 Å². The first-order valence-corrected chi connectivity index (χ1v) is 9.89. The number of hydrogen-bond acceptors (Lipinski definition) is 7. The molecule has 2 unspecified atom stereocenters. The maximum absolute atomic E-state index is 12.6. The fourth-order valence-electron chi connectivity index (χ4n) is 3.81. The Kier molecular flexibility index (Phi) is 4.58. The third-order valence-corrected chi connectivity index (χ3v) is 7.05. The Labute approximate surface area is 156 Å². The second-order valence-electron chi connectivity index (χ2n) is 7.45. The van der Waals surface area contributed by atoms with Crippen LogP contribution in [0, 0.1) is 0 Å². The molecule has 0 aliphatic carbocycles. The Morgan fingerprint density at radius 1 is 1.50 bits per heavy atom. The van der Waals surface area contributed by atoms with E-state index in [4.69, 9.17) is 9.72 Å². The number of nitrogens with zero attached hydrogens (tertiary/aromatic N) is 3. The van der Waals surface area contributed by atoms with Gasteiger partial charge in [0.05, 0.1) is 30.1 Å². The average molecular weight is 375 g/mol. The molecule has 4 heterocycles. The molecule has 0 amide bonds. The minimum atomic E-state index is -0.212. The van der Waals surface area contributed by atoms with Crippen LogP contribution in [-0.4, -0.2) is 53.4 Å². The molecule has 1 saturated heterocycles. The minimum Gasteiger partial charge on any atom is -0.383 e. The summed E-state index contributed by atoms with van der Waals surface area (Å²) in [6, 6.07) is 2.64. The van der Waals surface area contributed by atoms with E-state index < -0.39 is 0 Å². The standard InChI is InChI=1S/C18H25N5O2S/c1-11-18(2,10-19-22-11)14-7-13-16(26-14)17(24)21-15(20-13)8-23-6-4-5-12(23)9-25-3/h7,10-12,22H,4-6,8-9H2,1-3H3,(H,20,21,24)/t11?,12-,18?/m0/s1. The Morgan fingerprint density at radius 3 is 3.08 bits per heavy atom. The van der Waals surface area contributed by atoms with Crippen LogP contribution in [0.15, 0.2) is 16.0 Å². The molecular weight excluding hydrogens is 350 g/mol. The fourth-order valence-corrected chi connectivity index (χ4v) is 5.00. The van der Waals surface area contributed by atoms with Gasteiger partial charge in [0.2, 0.25) is 0 Å². The van der Waals surface area contributed by atoms with E-state index in [-0.39, 0.29) is 17.0 Å². The molecule has 2 N–H and O–H groups in total. The molecule has 0 spiro atoms. The SMILES string of the molecule is COC[C@@H]1CCCN1Cc1nc2cc(C3(C)C=NNC3C)sc2c(=O)[nH]1. The molecule has 2 aliphatic rings. The fraction of sp³-hybridized carbons (Fsp3) is 0.611. The highest BCUT2D eigenvalue weighted by atomic mass is 32.1. The lowest BCUT2D eigenvalue weighted by Crippen LogP contribution is -2.37. The number of likely N-dealkylation sites (tertiary alicyclic amines) is 1. The zero-order chi connectivity index (χ0) is 18.3. The number of thiophene rings is 1. The van der Waals surface area contributed by atoms with E-state index >= 15 is 0 Å². The molecule has 7 nitrogen and oxygen atoms in total. The first-order valence-electron chi connectivity index (χ1n) is 9.07.